The molecule has 0 bridgehead atoms. The molecule has 32 heavy (non-hydrogen) atoms. The molecule has 0 aliphatic heterocycles. The normalized spacial score (nSPS) is 10.9. The number of carbonyl (C=O) groups excluding carboxylic acids is 2. The first-order valence-electron chi connectivity index (χ1n) is 10.2. The Bertz CT molecular complexity index is 1280. The van der Waals surface area contributed by atoms with Crippen LogP contribution in [0.15, 0.2) is 90.2 Å². The Morgan fingerprint density at radius 3 is 2.44 bits per heavy atom. The van der Waals surface area contributed by atoms with Crippen molar-refractivity contribution in [1.82, 2.24) is 9.99 Å². The van der Waals surface area contributed by atoms with E-state index in [2.05, 4.69) is 21.2 Å². The zero-order valence-corrected chi connectivity index (χ0v) is 17.6. The van der Waals surface area contributed by atoms with Gasteiger partial charge in [-0.15, -0.1) is 0 Å². The molecule has 4 aromatic rings. The number of aromatic nitrogens is 1. The van der Waals surface area contributed by atoms with Gasteiger partial charge in [0.05, 0.1) is 6.21 Å². The molecule has 0 unspecified atom stereocenters. The van der Waals surface area contributed by atoms with Gasteiger partial charge in [-0.3, -0.25) is 4.79 Å². The third-order valence-electron chi connectivity index (χ3n) is 4.95. The molecular weight excluding hydrogens is 402 g/mol. The molecule has 7 heteroatoms. The predicted molar refractivity (Wildman–Crippen MR) is 128 cm³/mol. The number of fused-ring (bicyclic) bond motifs is 1. The Morgan fingerprint density at radius 2 is 1.62 bits per heavy atom. The lowest BCUT2D eigenvalue weighted by Gasteiger charge is -2.07. The summed E-state index contributed by atoms with van der Waals surface area (Å²) >= 11 is 0. The Morgan fingerprint density at radius 1 is 0.906 bits per heavy atom. The second kappa shape index (κ2) is 9.61. The number of amides is 3. The molecule has 1 heterocycles. The van der Waals surface area contributed by atoms with Gasteiger partial charge in [0, 0.05) is 34.0 Å². The predicted octanol–water partition coefficient (Wildman–Crippen LogP) is 4.74. The monoisotopic (exact) mass is 425 g/mol. The summed E-state index contributed by atoms with van der Waals surface area (Å²) in [4.78, 5) is 24.7. The molecule has 1 aromatic heterocycles. The van der Waals surface area contributed by atoms with Crippen LogP contribution >= 0.6 is 0 Å². The van der Waals surface area contributed by atoms with Gasteiger partial charge in [0.25, 0.3) is 0 Å². The maximum atomic E-state index is 12.5. The standard InChI is InChI=1S/C25H23N5O2/c1-18-9-5-7-13-22(18)28-25(32)29-26-15-19-16-30(23-14-8-6-12-21(19)23)17-24(31)27-20-10-3-2-4-11-20/h2-16H,17H2,1H3,(H,27,31)(H2,28,29,32). The quantitative estimate of drug-likeness (QED) is 0.308. The summed E-state index contributed by atoms with van der Waals surface area (Å²) < 4.78 is 1.86. The SMILES string of the molecule is Cc1ccccc1NC(=O)NN=Cc1cn(CC(=O)Nc2ccccc2)c2ccccc12. The number of hydrogen-bond acceptors (Lipinski definition) is 3. The van der Waals surface area contributed by atoms with Crippen molar-refractivity contribution in [2.75, 3.05) is 10.6 Å². The summed E-state index contributed by atoms with van der Waals surface area (Å²) in [6.45, 7) is 2.08. The highest BCUT2D eigenvalue weighted by molar-refractivity contribution is 6.01. The van der Waals surface area contributed by atoms with Crippen molar-refractivity contribution in [2.24, 2.45) is 5.10 Å². The van der Waals surface area contributed by atoms with Gasteiger partial charge in [-0.25, -0.2) is 10.2 Å². The largest absolute Gasteiger partial charge is 0.339 e. The Kier molecular flexibility index (Phi) is 6.27. The van der Waals surface area contributed by atoms with Gasteiger partial charge in [0.15, 0.2) is 0 Å². The van der Waals surface area contributed by atoms with Crippen molar-refractivity contribution >= 4 is 40.4 Å². The number of hydrazone groups is 1. The fraction of sp³-hybridized carbons (Fsp3) is 0.0800. The number of rotatable bonds is 6. The first kappa shape index (κ1) is 20.9. The minimum absolute atomic E-state index is 0.129. The molecule has 3 N–H and O–H groups in total. The molecule has 7 nitrogen and oxygen atoms in total. The van der Waals surface area contributed by atoms with Crippen LogP contribution in [-0.2, 0) is 11.3 Å². The molecule has 0 atom stereocenters. The van der Waals surface area contributed by atoms with E-state index in [-0.39, 0.29) is 12.5 Å². The summed E-state index contributed by atoms with van der Waals surface area (Å²) in [5.74, 6) is -0.129. The first-order valence-corrected chi connectivity index (χ1v) is 10.2. The summed E-state index contributed by atoms with van der Waals surface area (Å²) in [5.41, 5.74) is 6.62. The van der Waals surface area contributed by atoms with Crippen LogP contribution < -0.4 is 16.1 Å². The number of anilines is 2. The van der Waals surface area contributed by atoms with Crippen LogP contribution in [0, 0.1) is 6.92 Å². The zero-order valence-electron chi connectivity index (χ0n) is 17.6. The van der Waals surface area contributed by atoms with Gasteiger partial charge in [-0.05, 0) is 36.8 Å². The van der Waals surface area contributed by atoms with E-state index in [1.165, 1.54) is 0 Å². The van der Waals surface area contributed by atoms with Gasteiger partial charge in [0.2, 0.25) is 5.91 Å². The maximum Gasteiger partial charge on any atom is 0.339 e. The van der Waals surface area contributed by atoms with Crippen molar-refractivity contribution in [3.63, 3.8) is 0 Å². The van der Waals surface area contributed by atoms with Crippen LogP contribution in [0.5, 0.6) is 0 Å². The number of urea groups is 1. The Labute approximate surface area is 185 Å². The van der Waals surface area contributed by atoms with E-state index in [0.29, 0.717) is 0 Å². The van der Waals surface area contributed by atoms with Crippen LogP contribution in [0.25, 0.3) is 10.9 Å². The molecule has 4 rings (SSSR count). The van der Waals surface area contributed by atoms with Gasteiger partial charge >= 0.3 is 6.03 Å². The molecule has 0 saturated heterocycles. The second-order valence-electron chi connectivity index (χ2n) is 7.28. The fourth-order valence-corrected chi connectivity index (χ4v) is 3.41. The van der Waals surface area contributed by atoms with E-state index in [1.807, 2.05) is 96.6 Å². The minimum Gasteiger partial charge on any atom is -0.337 e. The van der Waals surface area contributed by atoms with Gasteiger partial charge < -0.3 is 15.2 Å². The molecule has 0 radical (unpaired) electrons. The van der Waals surface area contributed by atoms with E-state index in [1.54, 1.807) is 6.21 Å². The second-order valence-corrected chi connectivity index (χ2v) is 7.28. The molecule has 0 aliphatic carbocycles. The van der Waals surface area contributed by atoms with E-state index >= 15 is 0 Å². The molecular formula is C25H23N5O2. The average molecular weight is 425 g/mol. The molecule has 160 valence electrons. The summed E-state index contributed by atoms with van der Waals surface area (Å²) in [6, 6.07) is 24.2. The minimum atomic E-state index is -0.429. The van der Waals surface area contributed by atoms with Crippen LogP contribution in [0.3, 0.4) is 0 Å². The van der Waals surface area contributed by atoms with Crippen molar-refractivity contribution in [2.45, 2.75) is 13.5 Å². The highest BCUT2D eigenvalue weighted by atomic mass is 16.2. The average Bonchev–Trinajstić information content (AvgIpc) is 3.13. The summed E-state index contributed by atoms with van der Waals surface area (Å²) in [5, 5.41) is 10.7. The first-order chi connectivity index (χ1) is 15.6. The molecule has 0 saturated carbocycles. The molecule has 0 spiro atoms. The smallest absolute Gasteiger partial charge is 0.337 e. The Hall–Kier alpha value is -4.39. The third-order valence-corrected chi connectivity index (χ3v) is 4.95. The third kappa shape index (κ3) is 5.02. The highest BCUT2D eigenvalue weighted by Crippen LogP contribution is 2.20. The van der Waals surface area contributed by atoms with Crippen molar-refractivity contribution < 1.29 is 9.59 Å². The van der Waals surface area contributed by atoms with Crippen molar-refractivity contribution in [3.8, 4) is 0 Å². The summed E-state index contributed by atoms with van der Waals surface area (Å²) in [7, 11) is 0. The van der Waals surface area contributed by atoms with Crippen LogP contribution in [-0.4, -0.2) is 22.7 Å². The van der Waals surface area contributed by atoms with Crippen LogP contribution in [0.1, 0.15) is 11.1 Å². The molecule has 3 amide bonds. The van der Waals surface area contributed by atoms with Crippen molar-refractivity contribution in [1.29, 1.82) is 0 Å². The molecule has 0 fully saturated rings. The highest BCUT2D eigenvalue weighted by Gasteiger charge is 2.10. The number of aryl methyl sites for hydroxylation is 1. The van der Waals surface area contributed by atoms with E-state index in [0.717, 1.165) is 33.4 Å². The number of hydrogen-bond donors (Lipinski definition) is 3. The number of nitrogens with one attached hydrogen (secondary N) is 3. The zero-order chi connectivity index (χ0) is 22.3. The van der Waals surface area contributed by atoms with Crippen molar-refractivity contribution in [3.05, 3.63) is 96.2 Å². The molecule has 0 aliphatic rings. The van der Waals surface area contributed by atoms with Gasteiger partial charge in [0.1, 0.15) is 6.54 Å². The number of para-hydroxylation sites is 3. The Balaban J connectivity index is 1.45. The van der Waals surface area contributed by atoms with E-state index < -0.39 is 6.03 Å². The van der Waals surface area contributed by atoms with E-state index in [9.17, 15) is 9.59 Å². The number of benzene rings is 3. The number of carbonyl (C=O) groups is 2. The van der Waals surface area contributed by atoms with Crippen LogP contribution in [0.2, 0.25) is 0 Å². The van der Waals surface area contributed by atoms with Gasteiger partial charge in [-0.1, -0.05) is 54.6 Å². The topological polar surface area (TPSA) is 87.5 Å². The lowest BCUT2D eigenvalue weighted by atomic mass is 10.2. The maximum absolute atomic E-state index is 12.5. The summed E-state index contributed by atoms with van der Waals surface area (Å²) in [6.07, 6.45) is 3.42. The van der Waals surface area contributed by atoms with Gasteiger partial charge in [-0.2, -0.15) is 5.10 Å². The van der Waals surface area contributed by atoms with Crippen LogP contribution in [0.4, 0.5) is 16.2 Å². The lowest BCUT2D eigenvalue weighted by molar-refractivity contribution is -0.116. The number of nitrogens with zero attached hydrogens (tertiary/aromatic N) is 2. The lowest BCUT2D eigenvalue weighted by Crippen LogP contribution is -2.24. The fourth-order valence-electron chi connectivity index (χ4n) is 3.41. The van der Waals surface area contributed by atoms with E-state index in [4.69, 9.17) is 0 Å². The molecule has 3 aromatic carbocycles.